The molecule has 3 nitrogen and oxygen atoms in total. The summed E-state index contributed by atoms with van der Waals surface area (Å²) in [6.45, 7) is 8.31. The summed E-state index contributed by atoms with van der Waals surface area (Å²) in [5.74, 6) is 1.46. The SMILES string of the molecule is CC(C)CN1CCC(c2cn(C)c3cc(N)ccc23)CC1. The van der Waals surface area contributed by atoms with Crippen LogP contribution in [-0.4, -0.2) is 29.1 Å². The molecule has 0 radical (unpaired) electrons. The molecule has 1 saturated heterocycles. The average molecular weight is 285 g/mol. The molecule has 1 aliphatic rings. The maximum atomic E-state index is 5.92. The van der Waals surface area contributed by atoms with Crippen molar-refractivity contribution in [3.63, 3.8) is 0 Å². The molecular formula is C18H27N3. The highest BCUT2D eigenvalue weighted by Gasteiger charge is 2.23. The number of anilines is 1. The highest BCUT2D eigenvalue weighted by Crippen LogP contribution is 2.34. The predicted molar refractivity (Wildman–Crippen MR) is 90.6 cm³/mol. The van der Waals surface area contributed by atoms with Gasteiger partial charge in [-0.15, -0.1) is 0 Å². The van der Waals surface area contributed by atoms with E-state index >= 15 is 0 Å². The van der Waals surface area contributed by atoms with E-state index in [4.69, 9.17) is 5.73 Å². The van der Waals surface area contributed by atoms with Crippen molar-refractivity contribution < 1.29 is 0 Å². The number of hydrogen-bond donors (Lipinski definition) is 1. The molecule has 1 aliphatic heterocycles. The van der Waals surface area contributed by atoms with Crippen molar-refractivity contribution >= 4 is 16.6 Å². The lowest BCUT2D eigenvalue weighted by Gasteiger charge is -2.33. The van der Waals surface area contributed by atoms with Crippen LogP contribution in [0.5, 0.6) is 0 Å². The zero-order chi connectivity index (χ0) is 15.0. The number of nitrogens with zero attached hydrogens (tertiary/aromatic N) is 2. The smallest absolute Gasteiger partial charge is 0.0501 e. The van der Waals surface area contributed by atoms with Crippen LogP contribution in [0.2, 0.25) is 0 Å². The van der Waals surface area contributed by atoms with Crippen LogP contribution in [0, 0.1) is 5.92 Å². The molecule has 0 spiro atoms. The number of nitrogen functional groups attached to an aromatic ring is 1. The molecule has 1 aromatic heterocycles. The van der Waals surface area contributed by atoms with Crippen LogP contribution in [0.25, 0.3) is 10.9 Å². The number of piperidine rings is 1. The summed E-state index contributed by atoms with van der Waals surface area (Å²) in [5, 5.41) is 1.38. The van der Waals surface area contributed by atoms with Crippen molar-refractivity contribution in [1.82, 2.24) is 9.47 Å². The first kappa shape index (κ1) is 14.5. The Morgan fingerprint density at radius 3 is 2.62 bits per heavy atom. The van der Waals surface area contributed by atoms with E-state index in [9.17, 15) is 0 Å². The van der Waals surface area contributed by atoms with Crippen LogP contribution >= 0.6 is 0 Å². The fraction of sp³-hybridized carbons (Fsp3) is 0.556. The number of hydrogen-bond acceptors (Lipinski definition) is 2. The van der Waals surface area contributed by atoms with Crippen LogP contribution in [0.1, 0.15) is 38.2 Å². The average Bonchev–Trinajstić information content (AvgIpc) is 2.76. The van der Waals surface area contributed by atoms with Crippen molar-refractivity contribution in [2.24, 2.45) is 13.0 Å². The largest absolute Gasteiger partial charge is 0.399 e. The Morgan fingerprint density at radius 1 is 1.24 bits per heavy atom. The van der Waals surface area contributed by atoms with E-state index in [0.29, 0.717) is 5.92 Å². The zero-order valence-corrected chi connectivity index (χ0v) is 13.5. The van der Waals surface area contributed by atoms with Gasteiger partial charge in [-0.2, -0.15) is 0 Å². The Kier molecular flexibility index (Phi) is 3.94. The Balaban J connectivity index is 1.80. The molecule has 0 bridgehead atoms. The van der Waals surface area contributed by atoms with Crippen molar-refractivity contribution in [3.05, 3.63) is 30.0 Å². The Bertz CT molecular complexity index is 619. The van der Waals surface area contributed by atoms with Gasteiger partial charge in [-0.3, -0.25) is 0 Å². The van der Waals surface area contributed by atoms with Gasteiger partial charge in [0.05, 0.1) is 5.52 Å². The molecule has 0 aliphatic carbocycles. The molecule has 0 unspecified atom stereocenters. The van der Waals surface area contributed by atoms with Crippen LogP contribution in [0.3, 0.4) is 0 Å². The highest BCUT2D eigenvalue weighted by molar-refractivity contribution is 5.87. The van der Waals surface area contributed by atoms with Crippen molar-refractivity contribution in [3.8, 4) is 0 Å². The summed E-state index contributed by atoms with van der Waals surface area (Å²) in [7, 11) is 2.12. The fourth-order valence-electron chi connectivity index (χ4n) is 3.70. The molecule has 1 aromatic carbocycles. The molecule has 3 rings (SSSR count). The first-order chi connectivity index (χ1) is 10.0. The molecular weight excluding hydrogens is 258 g/mol. The number of likely N-dealkylation sites (tertiary alicyclic amines) is 1. The van der Waals surface area contributed by atoms with Gasteiger partial charge in [-0.25, -0.2) is 0 Å². The third-order valence-electron chi connectivity index (χ3n) is 4.70. The summed E-state index contributed by atoms with van der Waals surface area (Å²) >= 11 is 0. The van der Waals surface area contributed by atoms with Gasteiger partial charge in [0, 0.05) is 30.9 Å². The van der Waals surface area contributed by atoms with Gasteiger partial charge in [-0.1, -0.05) is 19.9 Å². The van der Waals surface area contributed by atoms with Gasteiger partial charge >= 0.3 is 0 Å². The van der Waals surface area contributed by atoms with Crippen LogP contribution in [0.4, 0.5) is 5.69 Å². The number of aryl methyl sites for hydroxylation is 1. The number of benzene rings is 1. The Hall–Kier alpha value is -1.48. The van der Waals surface area contributed by atoms with Crippen molar-refractivity contribution in [2.75, 3.05) is 25.4 Å². The number of rotatable bonds is 3. The molecule has 21 heavy (non-hydrogen) atoms. The standard InChI is InChI=1S/C18H27N3/c1-13(2)11-21-8-6-14(7-9-21)17-12-20(3)18-10-15(19)4-5-16(17)18/h4-5,10,12-14H,6-9,11,19H2,1-3H3. The van der Waals surface area contributed by atoms with E-state index in [0.717, 1.165) is 11.6 Å². The van der Waals surface area contributed by atoms with Crippen LogP contribution in [0.15, 0.2) is 24.4 Å². The molecule has 0 amide bonds. The second-order valence-electron chi connectivity index (χ2n) is 6.94. The molecule has 114 valence electrons. The van der Waals surface area contributed by atoms with Gasteiger partial charge < -0.3 is 15.2 Å². The number of aromatic nitrogens is 1. The van der Waals surface area contributed by atoms with Crippen molar-refractivity contribution in [2.45, 2.75) is 32.6 Å². The highest BCUT2D eigenvalue weighted by atomic mass is 15.1. The van der Waals surface area contributed by atoms with Gasteiger partial charge in [0.15, 0.2) is 0 Å². The second-order valence-corrected chi connectivity index (χ2v) is 6.94. The molecule has 1 fully saturated rings. The lowest BCUT2D eigenvalue weighted by atomic mass is 9.89. The summed E-state index contributed by atoms with van der Waals surface area (Å²) in [4.78, 5) is 2.62. The minimum Gasteiger partial charge on any atom is -0.399 e. The van der Waals surface area contributed by atoms with Crippen LogP contribution in [-0.2, 0) is 7.05 Å². The minimum absolute atomic E-state index is 0.695. The van der Waals surface area contributed by atoms with Crippen LogP contribution < -0.4 is 5.73 Å². The zero-order valence-electron chi connectivity index (χ0n) is 13.5. The first-order valence-electron chi connectivity index (χ1n) is 8.11. The molecule has 0 saturated carbocycles. The van der Waals surface area contributed by atoms with Gasteiger partial charge in [0.2, 0.25) is 0 Å². The summed E-state index contributed by atoms with van der Waals surface area (Å²) in [5.41, 5.74) is 9.54. The maximum absolute atomic E-state index is 5.92. The minimum atomic E-state index is 0.695. The molecule has 0 atom stereocenters. The van der Waals surface area contributed by atoms with Gasteiger partial charge in [0.25, 0.3) is 0 Å². The number of fused-ring (bicyclic) bond motifs is 1. The van der Waals surface area contributed by atoms with E-state index in [1.165, 1.54) is 48.9 Å². The predicted octanol–water partition coefficient (Wildman–Crippen LogP) is 3.60. The maximum Gasteiger partial charge on any atom is 0.0501 e. The Morgan fingerprint density at radius 2 is 1.95 bits per heavy atom. The van der Waals surface area contributed by atoms with E-state index in [2.05, 4.69) is 48.7 Å². The third kappa shape index (κ3) is 2.93. The quantitative estimate of drug-likeness (QED) is 0.874. The fourth-order valence-corrected chi connectivity index (χ4v) is 3.70. The van der Waals surface area contributed by atoms with Gasteiger partial charge in [-0.05, 0) is 55.5 Å². The lowest BCUT2D eigenvalue weighted by molar-refractivity contribution is 0.192. The van der Waals surface area contributed by atoms with E-state index in [1.807, 2.05) is 6.07 Å². The van der Waals surface area contributed by atoms with E-state index in [1.54, 1.807) is 0 Å². The molecule has 2 N–H and O–H groups in total. The monoisotopic (exact) mass is 285 g/mol. The lowest BCUT2D eigenvalue weighted by Crippen LogP contribution is -2.35. The molecule has 2 heterocycles. The summed E-state index contributed by atoms with van der Waals surface area (Å²) in [6.07, 6.45) is 4.86. The topological polar surface area (TPSA) is 34.2 Å². The first-order valence-corrected chi connectivity index (χ1v) is 8.11. The van der Waals surface area contributed by atoms with Gasteiger partial charge in [0.1, 0.15) is 0 Å². The van der Waals surface area contributed by atoms with Crippen molar-refractivity contribution in [1.29, 1.82) is 0 Å². The van der Waals surface area contributed by atoms with E-state index < -0.39 is 0 Å². The normalized spacial score (nSPS) is 17.9. The summed E-state index contributed by atoms with van der Waals surface area (Å²) < 4.78 is 2.22. The number of nitrogens with two attached hydrogens (primary N) is 1. The second kappa shape index (κ2) is 5.72. The molecule has 2 aromatic rings. The third-order valence-corrected chi connectivity index (χ3v) is 4.70. The summed E-state index contributed by atoms with van der Waals surface area (Å²) in [6, 6.07) is 6.31. The molecule has 3 heteroatoms. The van der Waals surface area contributed by atoms with E-state index in [-0.39, 0.29) is 0 Å². The Labute approximate surface area is 127 Å².